The molecule has 108 valence electrons. The van der Waals surface area contributed by atoms with E-state index in [4.69, 9.17) is 5.73 Å². The van der Waals surface area contributed by atoms with E-state index in [1.54, 1.807) is 19.1 Å². The van der Waals surface area contributed by atoms with Crippen molar-refractivity contribution in [3.05, 3.63) is 46.2 Å². The van der Waals surface area contributed by atoms with Gasteiger partial charge < -0.3 is 5.73 Å². The number of sulfonamides is 1. The number of anilines is 1. The molecule has 0 aliphatic carbocycles. The third kappa shape index (κ3) is 2.59. The van der Waals surface area contributed by atoms with E-state index in [1.807, 2.05) is 30.5 Å². The van der Waals surface area contributed by atoms with Crippen molar-refractivity contribution < 1.29 is 8.42 Å². The van der Waals surface area contributed by atoms with Crippen LogP contribution in [0.1, 0.15) is 17.4 Å². The first kappa shape index (κ1) is 15.0. The molecular formula is C14H18N2O2S2. The lowest BCUT2D eigenvalue weighted by molar-refractivity contribution is 0.590. The molecule has 0 saturated carbocycles. The van der Waals surface area contributed by atoms with Crippen LogP contribution in [0.15, 0.2) is 40.6 Å². The number of hydrogen-bond acceptors (Lipinski definition) is 4. The number of benzene rings is 1. The van der Waals surface area contributed by atoms with Gasteiger partial charge in [0, 0.05) is 18.0 Å². The van der Waals surface area contributed by atoms with Gasteiger partial charge in [0.1, 0.15) is 4.90 Å². The third-order valence-corrected chi connectivity index (χ3v) is 6.44. The molecule has 0 unspecified atom stereocenters. The van der Waals surface area contributed by atoms with Crippen LogP contribution in [0.2, 0.25) is 0 Å². The van der Waals surface area contributed by atoms with E-state index in [2.05, 4.69) is 0 Å². The molecule has 0 spiro atoms. The zero-order chi connectivity index (χ0) is 14.8. The molecule has 6 heteroatoms. The normalized spacial score (nSPS) is 11.6. The molecule has 1 heterocycles. The zero-order valence-corrected chi connectivity index (χ0v) is 13.2. The van der Waals surface area contributed by atoms with Gasteiger partial charge in [-0.15, -0.1) is 11.3 Å². The Kier molecular flexibility index (Phi) is 4.47. The third-order valence-electron chi connectivity index (χ3n) is 3.05. The fraction of sp³-hybridized carbons (Fsp3) is 0.286. The maximum Gasteiger partial charge on any atom is 0.265 e. The minimum absolute atomic E-state index is 0.236. The van der Waals surface area contributed by atoms with Crippen LogP contribution < -0.4 is 10.0 Å². The monoisotopic (exact) mass is 310 g/mol. The summed E-state index contributed by atoms with van der Waals surface area (Å²) in [5, 5.41) is 1.84. The van der Waals surface area contributed by atoms with Gasteiger partial charge in [0.2, 0.25) is 0 Å². The lowest BCUT2D eigenvalue weighted by Gasteiger charge is -2.23. The fourth-order valence-corrected chi connectivity index (χ4v) is 5.30. The first-order valence-electron chi connectivity index (χ1n) is 6.37. The van der Waals surface area contributed by atoms with Crippen molar-refractivity contribution in [1.82, 2.24) is 0 Å². The van der Waals surface area contributed by atoms with E-state index in [1.165, 1.54) is 15.6 Å². The molecule has 1 aromatic carbocycles. The molecular weight excluding hydrogens is 292 g/mol. The number of hydrogen-bond donors (Lipinski definition) is 1. The van der Waals surface area contributed by atoms with Crippen LogP contribution in [0.5, 0.6) is 0 Å². The molecule has 2 rings (SSSR count). The Morgan fingerprint density at radius 3 is 2.45 bits per heavy atom. The van der Waals surface area contributed by atoms with E-state index >= 15 is 0 Å². The van der Waals surface area contributed by atoms with Crippen molar-refractivity contribution >= 4 is 27.0 Å². The van der Waals surface area contributed by atoms with E-state index in [0.29, 0.717) is 22.0 Å². The van der Waals surface area contributed by atoms with Gasteiger partial charge in [-0.25, -0.2) is 8.42 Å². The summed E-state index contributed by atoms with van der Waals surface area (Å²) in [6, 6.07) is 9.12. The summed E-state index contributed by atoms with van der Waals surface area (Å²) in [4.78, 5) is 1.06. The highest BCUT2D eigenvalue weighted by molar-refractivity contribution is 7.93. The number of nitrogens with two attached hydrogens (primary N) is 1. The number of nitrogens with zero attached hydrogens (tertiary/aromatic N) is 1. The van der Waals surface area contributed by atoms with Crippen molar-refractivity contribution in [2.24, 2.45) is 5.73 Å². The summed E-state index contributed by atoms with van der Waals surface area (Å²) in [5.41, 5.74) is 7.09. The minimum Gasteiger partial charge on any atom is -0.326 e. The fourth-order valence-electron chi connectivity index (χ4n) is 2.17. The van der Waals surface area contributed by atoms with Gasteiger partial charge >= 0.3 is 0 Å². The highest BCUT2D eigenvalue weighted by atomic mass is 32.2. The van der Waals surface area contributed by atoms with Gasteiger partial charge in [-0.1, -0.05) is 18.2 Å². The number of rotatable bonds is 5. The zero-order valence-electron chi connectivity index (χ0n) is 11.5. The van der Waals surface area contributed by atoms with Crippen molar-refractivity contribution in [3.63, 3.8) is 0 Å². The highest BCUT2D eigenvalue weighted by Crippen LogP contribution is 2.31. The van der Waals surface area contributed by atoms with E-state index in [9.17, 15) is 8.42 Å². The van der Waals surface area contributed by atoms with Crippen LogP contribution in [0, 0.1) is 6.92 Å². The Balaban J connectivity index is 2.56. The summed E-state index contributed by atoms with van der Waals surface area (Å²) < 4.78 is 27.2. The second-order valence-electron chi connectivity index (χ2n) is 4.38. The quantitative estimate of drug-likeness (QED) is 0.923. The first-order valence-corrected chi connectivity index (χ1v) is 8.69. The molecule has 0 aliphatic rings. The standard InChI is InChI=1S/C14H18N2O2S2/c1-3-16(12-7-5-4-6-8-12)20(17,18)14-11(2)10-19-13(14)9-15/h4-8,10H,3,9,15H2,1-2H3. The van der Waals surface area contributed by atoms with Crippen LogP contribution in [0.4, 0.5) is 5.69 Å². The molecule has 0 saturated heterocycles. The smallest absolute Gasteiger partial charge is 0.265 e. The summed E-state index contributed by atoms with van der Waals surface area (Å²) >= 11 is 1.40. The summed E-state index contributed by atoms with van der Waals surface area (Å²) in [7, 11) is -3.57. The average Bonchev–Trinajstić information content (AvgIpc) is 2.82. The maximum atomic E-state index is 12.9. The van der Waals surface area contributed by atoms with Crippen LogP contribution >= 0.6 is 11.3 Å². The molecule has 2 aromatic rings. The second-order valence-corrected chi connectivity index (χ2v) is 7.14. The number of para-hydroxylation sites is 1. The molecule has 2 N–H and O–H groups in total. The van der Waals surface area contributed by atoms with Gasteiger partial charge in [0.05, 0.1) is 5.69 Å². The maximum absolute atomic E-state index is 12.9. The Morgan fingerprint density at radius 2 is 1.90 bits per heavy atom. The molecule has 0 bridgehead atoms. The Bertz CT molecular complexity index is 678. The van der Waals surface area contributed by atoms with E-state index in [0.717, 1.165) is 5.56 Å². The van der Waals surface area contributed by atoms with Gasteiger partial charge in [-0.05, 0) is 36.9 Å². The summed E-state index contributed by atoms with van der Waals surface area (Å²) in [6.07, 6.45) is 0. The molecule has 0 amide bonds. The topological polar surface area (TPSA) is 63.4 Å². The molecule has 0 radical (unpaired) electrons. The first-order chi connectivity index (χ1) is 9.52. The van der Waals surface area contributed by atoms with E-state index in [-0.39, 0.29) is 6.54 Å². The SMILES string of the molecule is CCN(c1ccccc1)S(=O)(=O)c1c(C)csc1CN. The van der Waals surface area contributed by atoms with Crippen LogP contribution in [0.3, 0.4) is 0 Å². The molecule has 0 aliphatic heterocycles. The molecule has 4 nitrogen and oxygen atoms in total. The Labute approximate surface area is 123 Å². The van der Waals surface area contributed by atoms with Gasteiger partial charge in [-0.2, -0.15) is 0 Å². The van der Waals surface area contributed by atoms with E-state index < -0.39 is 10.0 Å². The van der Waals surface area contributed by atoms with Crippen LogP contribution in [-0.2, 0) is 16.6 Å². The highest BCUT2D eigenvalue weighted by Gasteiger charge is 2.28. The largest absolute Gasteiger partial charge is 0.326 e. The predicted octanol–water partition coefficient (Wildman–Crippen LogP) is 2.73. The Morgan fingerprint density at radius 1 is 1.25 bits per heavy atom. The second kappa shape index (κ2) is 5.95. The lowest BCUT2D eigenvalue weighted by Crippen LogP contribution is -2.31. The van der Waals surface area contributed by atoms with Gasteiger partial charge in [0.15, 0.2) is 0 Å². The van der Waals surface area contributed by atoms with Crippen molar-refractivity contribution in [1.29, 1.82) is 0 Å². The summed E-state index contributed by atoms with van der Waals surface area (Å²) in [6.45, 7) is 4.25. The molecule has 0 fully saturated rings. The van der Waals surface area contributed by atoms with Crippen LogP contribution in [0.25, 0.3) is 0 Å². The number of aryl methyl sites for hydroxylation is 1. The number of thiophene rings is 1. The van der Waals surface area contributed by atoms with Gasteiger partial charge in [0.25, 0.3) is 10.0 Å². The van der Waals surface area contributed by atoms with Crippen molar-refractivity contribution in [2.75, 3.05) is 10.8 Å². The lowest BCUT2D eigenvalue weighted by atomic mass is 10.3. The predicted molar refractivity (Wildman–Crippen MR) is 83.6 cm³/mol. The molecule has 1 aromatic heterocycles. The molecule has 20 heavy (non-hydrogen) atoms. The van der Waals surface area contributed by atoms with Crippen molar-refractivity contribution in [2.45, 2.75) is 25.3 Å². The van der Waals surface area contributed by atoms with Gasteiger partial charge in [-0.3, -0.25) is 4.31 Å². The average molecular weight is 310 g/mol. The van der Waals surface area contributed by atoms with Crippen molar-refractivity contribution in [3.8, 4) is 0 Å². The summed E-state index contributed by atoms with van der Waals surface area (Å²) in [5.74, 6) is 0. The molecule has 0 atom stereocenters. The van der Waals surface area contributed by atoms with Crippen LogP contribution in [-0.4, -0.2) is 15.0 Å². The Hall–Kier alpha value is -1.37. The minimum atomic E-state index is -3.57.